The molecule has 1 amide bonds. The summed E-state index contributed by atoms with van der Waals surface area (Å²) in [6.07, 6.45) is 6.24. The molecule has 0 unspecified atom stereocenters. The van der Waals surface area contributed by atoms with Crippen LogP contribution in [0.4, 0.5) is 0 Å². The van der Waals surface area contributed by atoms with Gasteiger partial charge in [0.1, 0.15) is 5.76 Å². The molecule has 35 heavy (non-hydrogen) atoms. The molecular weight excluding hydrogens is 458 g/mol. The van der Waals surface area contributed by atoms with Crippen LogP contribution >= 0.6 is 11.8 Å². The Hall–Kier alpha value is -3.18. The van der Waals surface area contributed by atoms with Crippen molar-refractivity contribution in [1.82, 2.24) is 15.1 Å². The number of carbonyl (C=O) groups excluding carboxylic acids is 1. The van der Waals surface area contributed by atoms with Crippen molar-refractivity contribution in [3.8, 4) is 6.07 Å². The Bertz CT molecular complexity index is 1010. The summed E-state index contributed by atoms with van der Waals surface area (Å²) in [7, 11) is 1.96. The van der Waals surface area contributed by atoms with Crippen LogP contribution < -0.4 is 5.32 Å². The molecular formula is C27H35N5O2S. The lowest BCUT2D eigenvalue weighted by atomic mass is 10.1. The Morgan fingerprint density at radius 2 is 2.14 bits per heavy atom. The summed E-state index contributed by atoms with van der Waals surface area (Å²) < 4.78 is 5.40. The number of nitriles is 1. The summed E-state index contributed by atoms with van der Waals surface area (Å²) in [5.41, 5.74) is 3.15. The maximum absolute atomic E-state index is 13.0. The molecule has 8 heteroatoms. The highest BCUT2D eigenvalue weighted by Gasteiger charge is 2.24. The molecule has 0 radical (unpaired) electrons. The van der Waals surface area contributed by atoms with E-state index in [0.29, 0.717) is 42.3 Å². The van der Waals surface area contributed by atoms with Gasteiger partial charge in [0.25, 0.3) is 0 Å². The summed E-state index contributed by atoms with van der Waals surface area (Å²) in [5.74, 6) is 1.08. The number of benzene rings is 1. The minimum absolute atomic E-state index is 0.146. The third-order valence-electron chi connectivity index (χ3n) is 6.14. The average Bonchev–Trinajstić information content (AvgIpc) is 3.27. The van der Waals surface area contributed by atoms with Crippen molar-refractivity contribution in [2.75, 3.05) is 39.0 Å². The number of piperidine rings is 1. The molecule has 0 aliphatic carbocycles. The van der Waals surface area contributed by atoms with Gasteiger partial charge in [0.05, 0.1) is 37.2 Å². The van der Waals surface area contributed by atoms with Crippen molar-refractivity contribution in [3.63, 3.8) is 0 Å². The van der Waals surface area contributed by atoms with Crippen LogP contribution in [-0.4, -0.2) is 67.1 Å². The average molecular weight is 494 g/mol. The number of nitrogens with one attached hydrogen (secondary N) is 1. The number of hydrogen-bond donors (Lipinski definition) is 1. The molecule has 2 aliphatic heterocycles. The van der Waals surface area contributed by atoms with E-state index < -0.39 is 0 Å². The van der Waals surface area contributed by atoms with E-state index in [1.54, 1.807) is 0 Å². The molecule has 2 heterocycles. The first-order valence-electron chi connectivity index (χ1n) is 12.0. The van der Waals surface area contributed by atoms with E-state index in [-0.39, 0.29) is 11.9 Å². The zero-order valence-electron chi connectivity index (χ0n) is 20.5. The fourth-order valence-corrected chi connectivity index (χ4v) is 4.79. The van der Waals surface area contributed by atoms with Gasteiger partial charge in [-0.25, -0.2) is 0 Å². The molecule has 2 saturated heterocycles. The van der Waals surface area contributed by atoms with Crippen molar-refractivity contribution in [3.05, 3.63) is 71.0 Å². The maximum atomic E-state index is 13.0. The van der Waals surface area contributed by atoms with E-state index in [9.17, 15) is 10.1 Å². The Balaban J connectivity index is 1.59. The molecule has 0 aromatic heterocycles. The molecule has 2 aliphatic rings. The van der Waals surface area contributed by atoms with Crippen LogP contribution in [0.5, 0.6) is 0 Å². The lowest BCUT2D eigenvalue weighted by Gasteiger charge is -2.24. The second kappa shape index (κ2) is 13.6. The van der Waals surface area contributed by atoms with Crippen LogP contribution in [0.15, 0.2) is 64.9 Å². The van der Waals surface area contributed by atoms with Crippen molar-refractivity contribution >= 4 is 24.0 Å². The Morgan fingerprint density at radius 1 is 1.37 bits per heavy atom. The predicted octanol–water partition coefficient (Wildman–Crippen LogP) is 4.05. The van der Waals surface area contributed by atoms with E-state index in [1.165, 1.54) is 31.0 Å². The summed E-state index contributed by atoms with van der Waals surface area (Å²) in [6.45, 7) is 11.6. The van der Waals surface area contributed by atoms with E-state index in [2.05, 4.69) is 34.4 Å². The van der Waals surface area contributed by atoms with Gasteiger partial charge >= 0.3 is 0 Å². The molecule has 1 aromatic rings. The number of carbonyl (C=O) groups is 1. The van der Waals surface area contributed by atoms with E-state index in [4.69, 9.17) is 4.74 Å². The van der Waals surface area contributed by atoms with Gasteiger partial charge < -0.3 is 19.9 Å². The van der Waals surface area contributed by atoms with Crippen LogP contribution in [0.3, 0.4) is 0 Å². The third-order valence-corrected chi connectivity index (χ3v) is 7.09. The number of amides is 1. The van der Waals surface area contributed by atoms with Crippen LogP contribution in [0.25, 0.3) is 0 Å². The molecule has 3 rings (SSSR count). The van der Waals surface area contributed by atoms with Crippen LogP contribution in [0, 0.1) is 11.3 Å². The Kier molecular flexibility index (Phi) is 10.3. The minimum atomic E-state index is -0.164. The molecule has 2 fully saturated rings. The molecule has 0 spiro atoms. The number of thioether (sulfide) groups is 1. The molecule has 1 atom stereocenters. The second-order valence-corrected chi connectivity index (χ2v) is 9.69. The zero-order valence-corrected chi connectivity index (χ0v) is 21.4. The largest absolute Gasteiger partial charge is 0.496 e. The maximum Gasteiger partial charge on any atom is 0.250 e. The minimum Gasteiger partial charge on any atom is -0.496 e. The lowest BCUT2D eigenvalue weighted by Crippen LogP contribution is -2.35. The van der Waals surface area contributed by atoms with Crippen LogP contribution in [0.2, 0.25) is 0 Å². The van der Waals surface area contributed by atoms with Gasteiger partial charge in [0.15, 0.2) is 0 Å². The van der Waals surface area contributed by atoms with Crippen molar-refractivity contribution in [1.29, 1.82) is 5.26 Å². The first kappa shape index (κ1) is 26.4. The number of ether oxygens (including phenoxy) is 1. The monoisotopic (exact) mass is 493 g/mol. The van der Waals surface area contributed by atoms with Gasteiger partial charge in [-0.1, -0.05) is 31.4 Å². The van der Waals surface area contributed by atoms with E-state index >= 15 is 0 Å². The highest BCUT2D eigenvalue weighted by molar-refractivity contribution is 8.02. The second-order valence-electron chi connectivity index (χ2n) is 8.83. The van der Waals surface area contributed by atoms with Gasteiger partial charge in [0, 0.05) is 50.1 Å². The molecule has 0 saturated carbocycles. The van der Waals surface area contributed by atoms with Crippen molar-refractivity contribution in [2.45, 2.75) is 38.3 Å². The van der Waals surface area contributed by atoms with Crippen LogP contribution in [-0.2, 0) is 16.1 Å². The SMILES string of the molecule is C=C1OCC[C@@H]1NC(=O)/C(=C/SCC(=C)N(C)Cc1ccccc1C#N)CN=CN1CCCCC1. The Morgan fingerprint density at radius 3 is 2.86 bits per heavy atom. The number of rotatable bonds is 11. The molecule has 1 aromatic carbocycles. The fraction of sp³-hybridized carbons (Fsp3) is 0.444. The Labute approximate surface area is 213 Å². The smallest absolute Gasteiger partial charge is 0.250 e. The summed E-state index contributed by atoms with van der Waals surface area (Å²) in [6, 6.07) is 9.65. The number of aliphatic imine (C=N–C) groups is 1. The topological polar surface area (TPSA) is 81.0 Å². The van der Waals surface area contributed by atoms with Gasteiger partial charge in [-0.15, -0.1) is 11.8 Å². The lowest BCUT2D eigenvalue weighted by molar-refractivity contribution is -0.117. The molecule has 186 valence electrons. The number of nitrogens with zero attached hydrogens (tertiary/aromatic N) is 4. The normalized spacial score (nSPS) is 18.3. The molecule has 0 bridgehead atoms. The van der Waals surface area contributed by atoms with E-state index in [0.717, 1.165) is 30.8 Å². The fourth-order valence-electron chi connectivity index (χ4n) is 3.91. The van der Waals surface area contributed by atoms with Crippen molar-refractivity contribution in [2.24, 2.45) is 4.99 Å². The predicted molar refractivity (Wildman–Crippen MR) is 143 cm³/mol. The van der Waals surface area contributed by atoms with Gasteiger partial charge in [-0.05, 0) is 36.3 Å². The van der Waals surface area contributed by atoms with Crippen LogP contribution in [0.1, 0.15) is 36.8 Å². The van der Waals surface area contributed by atoms with E-state index in [1.807, 2.05) is 48.0 Å². The standard InChI is InChI=1S/C27H35N5O2S/c1-21(31(3)17-24-10-6-5-9-23(24)15-28)18-35-19-25(16-29-20-32-12-7-4-8-13-32)27(33)30-26-11-14-34-22(26)2/h5-6,9-10,19-20,26H,1-2,4,7-8,11-14,16-18H2,3H3,(H,30,33)/b25-19+,29-20?/t26-/m0/s1. The highest BCUT2D eigenvalue weighted by Crippen LogP contribution is 2.19. The van der Waals surface area contributed by atoms with Gasteiger partial charge in [-0.3, -0.25) is 9.79 Å². The third kappa shape index (κ3) is 8.22. The van der Waals surface area contributed by atoms with Crippen molar-refractivity contribution < 1.29 is 9.53 Å². The summed E-state index contributed by atoms with van der Waals surface area (Å²) >= 11 is 1.52. The quantitative estimate of drug-likeness (QED) is 0.285. The molecule has 7 nitrogen and oxygen atoms in total. The summed E-state index contributed by atoms with van der Waals surface area (Å²) in [4.78, 5) is 21.8. The molecule has 1 N–H and O–H groups in total. The van der Waals surface area contributed by atoms with Gasteiger partial charge in [0.2, 0.25) is 5.91 Å². The van der Waals surface area contributed by atoms with Gasteiger partial charge in [-0.2, -0.15) is 5.26 Å². The first-order valence-corrected chi connectivity index (χ1v) is 13.1. The summed E-state index contributed by atoms with van der Waals surface area (Å²) in [5, 5.41) is 14.2. The zero-order chi connectivity index (χ0) is 25.0. The number of hydrogen-bond acceptors (Lipinski definition) is 6. The highest BCUT2D eigenvalue weighted by atomic mass is 32.2. The first-order chi connectivity index (χ1) is 17.0. The number of likely N-dealkylation sites (tertiary alicyclic amines) is 1.